The van der Waals surface area contributed by atoms with Crippen molar-refractivity contribution in [3.05, 3.63) is 23.8 Å². The molecule has 1 saturated carbocycles. The van der Waals surface area contributed by atoms with Crippen molar-refractivity contribution in [1.29, 1.82) is 0 Å². The third kappa shape index (κ3) is 4.70. The molecule has 1 fully saturated rings. The second-order valence-electron chi connectivity index (χ2n) is 5.31. The lowest BCUT2D eigenvalue weighted by molar-refractivity contribution is -0.142. The van der Waals surface area contributed by atoms with Gasteiger partial charge < -0.3 is 15.7 Å². The van der Waals surface area contributed by atoms with Gasteiger partial charge >= 0.3 is 12.0 Å². The number of aryl methyl sites for hydroxylation is 1. The molecule has 0 radical (unpaired) electrons. The zero-order chi connectivity index (χ0) is 15.2. The molecular formula is C14H20N4O3. The van der Waals surface area contributed by atoms with E-state index in [0.717, 1.165) is 5.69 Å². The zero-order valence-corrected chi connectivity index (χ0v) is 12.0. The summed E-state index contributed by atoms with van der Waals surface area (Å²) in [6, 6.07) is 1.56. The summed E-state index contributed by atoms with van der Waals surface area (Å²) in [6.45, 7) is 2.14. The highest BCUT2D eigenvalue weighted by Crippen LogP contribution is 2.24. The molecule has 1 heterocycles. The summed E-state index contributed by atoms with van der Waals surface area (Å²) in [5.74, 6) is -0.339. The third-order valence-electron chi connectivity index (χ3n) is 3.68. The molecule has 114 valence electrons. The van der Waals surface area contributed by atoms with E-state index in [-0.39, 0.29) is 18.0 Å². The van der Waals surface area contributed by atoms with Gasteiger partial charge in [-0.3, -0.25) is 4.79 Å². The molecule has 21 heavy (non-hydrogen) atoms. The summed E-state index contributed by atoms with van der Waals surface area (Å²) in [4.78, 5) is 30.9. The molecule has 1 aromatic heterocycles. The van der Waals surface area contributed by atoms with Crippen LogP contribution < -0.4 is 10.6 Å². The molecule has 7 nitrogen and oxygen atoms in total. The van der Waals surface area contributed by atoms with Gasteiger partial charge in [-0.1, -0.05) is 0 Å². The number of rotatable bonds is 4. The molecule has 2 rings (SSSR count). The van der Waals surface area contributed by atoms with Crippen molar-refractivity contribution in [2.75, 3.05) is 0 Å². The van der Waals surface area contributed by atoms with Crippen molar-refractivity contribution in [2.45, 2.75) is 45.2 Å². The lowest BCUT2D eigenvalue weighted by atomic mass is 9.86. The molecule has 1 aromatic rings. The largest absolute Gasteiger partial charge is 0.481 e. The van der Waals surface area contributed by atoms with Gasteiger partial charge in [-0.05, 0) is 38.7 Å². The SMILES string of the molecule is Cc1nccc(CNC(=O)NC2CCC(C(=O)O)CC2)n1. The maximum atomic E-state index is 11.8. The van der Waals surface area contributed by atoms with Gasteiger partial charge in [0, 0.05) is 12.2 Å². The molecule has 3 N–H and O–H groups in total. The van der Waals surface area contributed by atoms with Gasteiger partial charge in [0.2, 0.25) is 0 Å². The van der Waals surface area contributed by atoms with E-state index in [1.54, 1.807) is 19.2 Å². The number of nitrogens with one attached hydrogen (secondary N) is 2. The van der Waals surface area contributed by atoms with Crippen molar-refractivity contribution in [3.8, 4) is 0 Å². The summed E-state index contributed by atoms with van der Waals surface area (Å²) >= 11 is 0. The van der Waals surface area contributed by atoms with E-state index in [2.05, 4.69) is 20.6 Å². The summed E-state index contributed by atoms with van der Waals surface area (Å²) in [5.41, 5.74) is 0.757. The first-order chi connectivity index (χ1) is 10.0. The Balaban J connectivity index is 1.72. The highest BCUT2D eigenvalue weighted by Gasteiger charge is 2.26. The van der Waals surface area contributed by atoms with Crippen LogP contribution in [0.25, 0.3) is 0 Å². The second kappa shape index (κ2) is 7.01. The number of hydrogen-bond acceptors (Lipinski definition) is 4. The number of urea groups is 1. The second-order valence-corrected chi connectivity index (χ2v) is 5.31. The van der Waals surface area contributed by atoms with Crippen LogP contribution in [0.4, 0.5) is 4.79 Å². The number of nitrogens with zero attached hydrogens (tertiary/aromatic N) is 2. The van der Waals surface area contributed by atoms with E-state index in [4.69, 9.17) is 5.11 Å². The van der Waals surface area contributed by atoms with Crippen LogP contribution in [0, 0.1) is 12.8 Å². The van der Waals surface area contributed by atoms with Gasteiger partial charge in [0.1, 0.15) is 5.82 Å². The van der Waals surface area contributed by atoms with Crippen LogP contribution in [0.5, 0.6) is 0 Å². The number of amides is 2. The molecule has 2 amide bonds. The minimum atomic E-state index is -0.739. The molecule has 0 atom stereocenters. The molecule has 1 aliphatic carbocycles. The fourth-order valence-electron chi connectivity index (χ4n) is 2.50. The van der Waals surface area contributed by atoms with Crippen LogP contribution in [0.3, 0.4) is 0 Å². The molecule has 0 unspecified atom stereocenters. The number of carboxylic acids is 1. The van der Waals surface area contributed by atoms with E-state index >= 15 is 0 Å². The van der Waals surface area contributed by atoms with Crippen LogP contribution >= 0.6 is 0 Å². The Bertz CT molecular complexity index is 513. The molecule has 0 bridgehead atoms. The molecule has 1 aliphatic rings. The van der Waals surface area contributed by atoms with Crippen LogP contribution in [0.2, 0.25) is 0 Å². The predicted octanol–water partition coefficient (Wildman–Crippen LogP) is 1.23. The predicted molar refractivity (Wildman–Crippen MR) is 75.5 cm³/mol. The van der Waals surface area contributed by atoms with Gasteiger partial charge in [0.25, 0.3) is 0 Å². The molecule has 0 aliphatic heterocycles. The first kappa shape index (κ1) is 15.2. The van der Waals surface area contributed by atoms with Crippen LogP contribution in [0.1, 0.15) is 37.2 Å². The number of aliphatic carboxylic acids is 1. The Morgan fingerprint density at radius 1 is 1.33 bits per heavy atom. The minimum absolute atomic E-state index is 0.0488. The number of carboxylic acid groups (broad SMARTS) is 1. The first-order valence-corrected chi connectivity index (χ1v) is 7.10. The third-order valence-corrected chi connectivity index (χ3v) is 3.68. The molecule has 0 aromatic carbocycles. The van der Waals surface area contributed by atoms with Crippen LogP contribution in [-0.4, -0.2) is 33.1 Å². The van der Waals surface area contributed by atoms with E-state index in [1.165, 1.54) is 0 Å². The maximum Gasteiger partial charge on any atom is 0.315 e. The van der Waals surface area contributed by atoms with Gasteiger partial charge in [0.05, 0.1) is 18.2 Å². The van der Waals surface area contributed by atoms with Crippen molar-refractivity contribution < 1.29 is 14.7 Å². The summed E-state index contributed by atoms with van der Waals surface area (Å²) in [6.07, 6.45) is 4.30. The molecule has 0 spiro atoms. The standard InChI is InChI=1S/C14H20N4O3/c1-9-15-7-6-12(17-9)8-16-14(21)18-11-4-2-10(3-5-11)13(19)20/h6-7,10-11H,2-5,8H2,1H3,(H,19,20)(H2,16,18,21). The molecular weight excluding hydrogens is 272 g/mol. The smallest absolute Gasteiger partial charge is 0.315 e. The minimum Gasteiger partial charge on any atom is -0.481 e. The quantitative estimate of drug-likeness (QED) is 0.774. The zero-order valence-electron chi connectivity index (χ0n) is 12.0. The van der Waals surface area contributed by atoms with Crippen LogP contribution in [0.15, 0.2) is 12.3 Å². The van der Waals surface area contributed by atoms with E-state index < -0.39 is 5.97 Å². The summed E-state index contributed by atoms with van der Waals surface area (Å²) in [5, 5.41) is 14.6. The van der Waals surface area contributed by atoms with Crippen LogP contribution in [-0.2, 0) is 11.3 Å². The highest BCUT2D eigenvalue weighted by atomic mass is 16.4. The lowest BCUT2D eigenvalue weighted by Gasteiger charge is -2.26. The maximum absolute atomic E-state index is 11.8. The Hall–Kier alpha value is -2.18. The van der Waals surface area contributed by atoms with Crippen molar-refractivity contribution in [2.24, 2.45) is 5.92 Å². The van der Waals surface area contributed by atoms with Crippen molar-refractivity contribution in [1.82, 2.24) is 20.6 Å². The lowest BCUT2D eigenvalue weighted by Crippen LogP contribution is -2.44. The normalized spacial score (nSPS) is 21.6. The average molecular weight is 292 g/mol. The summed E-state index contributed by atoms with van der Waals surface area (Å²) in [7, 11) is 0. The van der Waals surface area contributed by atoms with Gasteiger partial charge in [0.15, 0.2) is 0 Å². The molecule has 7 heteroatoms. The number of aromatic nitrogens is 2. The fraction of sp³-hybridized carbons (Fsp3) is 0.571. The molecule has 0 saturated heterocycles. The fourth-order valence-corrected chi connectivity index (χ4v) is 2.50. The Morgan fingerprint density at radius 2 is 2.05 bits per heavy atom. The van der Waals surface area contributed by atoms with Gasteiger partial charge in [-0.25, -0.2) is 14.8 Å². The monoisotopic (exact) mass is 292 g/mol. The van der Waals surface area contributed by atoms with E-state index in [0.29, 0.717) is 38.1 Å². The Labute approximate surface area is 123 Å². The van der Waals surface area contributed by atoms with Crippen molar-refractivity contribution >= 4 is 12.0 Å². The highest BCUT2D eigenvalue weighted by molar-refractivity contribution is 5.74. The van der Waals surface area contributed by atoms with Gasteiger partial charge in [-0.2, -0.15) is 0 Å². The Kier molecular flexibility index (Phi) is 5.08. The van der Waals surface area contributed by atoms with Crippen molar-refractivity contribution in [3.63, 3.8) is 0 Å². The van der Waals surface area contributed by atoms with E-state index in [1.807, 2.05) is 0 Å². The number of hydrogen-bond donors (Lipinski definition) is 3. The van der Waals surface area contributed by atoms with E-state index in [9.17, 15) is 9.59 Å². The average Bonchev–Trinajstić information content (AvgIpc) is 2.46. The first-order valence-electron chi connectivity index (χ1n) is 7.10. The summed E-state index contributed by atoms with van der Waals surface area (Å²) < 4.78 is 0. The number of carbonyl (C=O) groups excluding carboxylic acids is 1. The topological polar surface area (TPSA) is 104 Å². The number of carbonyl (C=O) groups is 2. The van der Waals surface area contributed by atoms with Gasteiger partial charge in [-0.15, -0.1) is 0 Å². The Morgan fingerprint density at radius 3 is 2.67 bits per heavy atom.